The average molecular weight is 351 g/mol. The second-order valence-corrected chi connectivity index (χ2v) is 7.29. The molecule has 2 fully saturated rings. The molecule has 2 N–H and O–H groups in total. The Balaban J connectivity index is 1.52. The molecule has 2 aliphatic rings. The maximum absolute atomic E-state index is 12.5. The van der Waals surface area contributed by atoms with Gasteiger partial charge in [0.2, 0.25) is 11.0 Å². The maximum atomic E-state index is 12.5. The van der Waals surface area contributed by atoms with Gasteiger partial charge in [0.25, 0.3) is 5.91 Å². The summed E-state index contributed by atoms with van der Waals surface area (Å²) in [4.78, 5) is 37.7. The molecule has 0 atom stereocenters. The van der Waals surface area contributed by atoms with Crippen LogP contribution < -0.4 is 10.6 Å². The Bertz CT molecular complexity index is 653. The van der Waals surface area contributed by atoms with E-state index in [-0.39, 0.29) is 24.8 Å². The Morgan fingerprint density at radius 3 is 2.79 bits per heavy atom. The third-order valence-corrected chi connectivity index (χ3v) is 5.34. The molecule has 0 aromatic carbocycles. The Morgan fingerprint density at radius 1 is 1.33 bits per heavy atom. The van der Waals surface area contributed by atoms with Crippen molar-refractivity contribution in [1.82, 2.24) is 20.4 Å². The molecule has 1 aromatic heterocycles. The van der Waals surface area contributed by atoms with Gasteiger partial charge >= 0.3 is 6.03 Å². The molecule has 1 spiro atoms. The summed E-state index contributed by atoms with van der Waals surface area (Å²) < 4.78 is 0. The summed E-state index contributed by atoms with van der Waals surface area (Å²) in [6.45, 7) is 2.13. The lowest BCUT2D eigenvalue weighted by atomic mass is 9.98. The molecule has 130 valence electrons. The van der Waals surface area contributed by atoms with Crippen LogP contribution in [0.25, 0.3) is 0 Å². The van der Waals surface area contributed by atoms with E-state index >= 15 is 0 Å². The lowest BCUT2D eigenvalue weighted by Gasteiger charge is -2.19. The van der Waals surface area contributed by atoms with Crippen molar-refractivity contribution in [2.24, 2.45) is 0 Å². The van der Waals surface area contributed by atoms with Crippen LogP contribution in [0.3, 0.4) is 0 Å². The van der Waals surface area contributed by atoms with Gasteiger partial charge in [-0.05, 0) is 19.3 Å². The number of carbonyl (C=O) groups is 3. The number of aryl methyl sites for hydroxylation is 1. The molecule has 1 saturated heterocycles. The summed E-state index contributed by atoms with van der Waals surface area (Å²) >= 11 is 1.35. The van der Waals surface area contributed by atoms with Crippen LogP contribution in [0.2, 0.25) is 0 Å². The van der Waals surface area contributed by atoms with Crippen molar-refractivity contribution in [2.45, 2.75) is 57.4 Å². The van der Waals surface area contributed by atoms with Gasteiger partial charge in [0.05, 0.1) is 0 Å². The summed E-state index contributed by atoms with van der Waals surface area (Å²) in [7, 11) is 0. The lowest BCUT2D eigenvalue weighted by Crippen LogP contribution is -2.44. The van der Waals surface area contributed by atoms with Gasteiger partial charge in [0, 0.05) is 19.4 Å². The van der Waals surface area contributed by atoms with Crippen molar-refractivity contribution < 1.29 is 14.4 Å². The predicted molar refractivity (Wildman–Crippen MR) is 88.6 cm³/mol. The van der Waals surface area contributed by atoms with Crippen molar-refractivity contribution >= 4 is 34.3 Å². The summed E-state index contributed by atoms with van der Waals surface area (Å²) in [5, 5.41) is 14.7. The Kier molecular flexibility index (Phi) is 4.79. The quantitative estimate of drug-likeness (QED) is 0.759. The smallest absolute Gasteiger partial charge is 0.323 e. The van der Waals surface area contributed by atoms with Crippen LogP contribution in [0.4, 0.5) is 9.93 Å². The van der Waals surface area contributed by atoms with Crippen LogP contribution in [0.5, 0.6) is 0 Å². The standard InChI is InChI=1S/C15H21N5O3S/c1-2-5-11-18-19-13(24-11)16-10(21)6-9-20-12(22)15(17-14(20)23)7-3-4-8-15/h2-9H2,1H3,(H,17,23)(H,16,19,21). The van der Waals surface area contributed by atoms with Gasteiger partial charge in [0.1, 0.15) is 10.5 Å². The molecule has 1 aromatic rings. The van der Waals surface area contributed by atoms with Gasteiger partial charge in [-0.1, -0.05) is 31.1 Å². The normalized spacial score (nSPS) is 19.1. The van der Waals surface area contributed by atoms with Crippen LogP contribution in [0, 0.1) is 0 Å². The maximum Gasteiger partial charge on any atom is 0.325 e. The number of imide groups is 1. The van der Waals surface area contributed by atoms with Gasteiger partial charge in [-0.15, -0.1) is 10.2 Å². The van der Waals surface area contributed by atoms with E-state index in [9.17, 15) is 14.4 Å². The SMILES string of the molecule is CCCc1nnc(NC(=O)CCN2C(=O)NC3(CCCC3)C2=O)s1. The minimum Gasteiger partial charge on any atom is -0.323 e. The second kappa shape index (κ2) is 6.84. The molecule has 0 radical (unpaired) electrons. The number of hydrogen-bond acceptors (Lipinski definition) is 6. The number of anilines is 1. The molecule has 9 heteroatoms. The fourth-order valence-electron chi connectivity index (χ4n) is 3.21. The molecule has 1 saturated carbocycles. The van der Waals surface area contributed by atoms with E-state index in [1.165, 1.54) is 11.3 Å². The Morgan fingerprint density at radius 2 is 2.08 bits per heavy atom. The van der Waals surface area contributed by atoms with Crippen molar-refractivity contribution in [3.8, 4) is 0 Å². The molecule has 0 unspecified atom stereocenters. The highest BCUT2D eigenvalue weighted by atomic mass is 32.1. The van der Waals surface area contributed by atoms with Gasteiger partial charge in [-0.25, -0.2) is 4.79 Å². The highest BCUT2D eigenvalue weighted by molar-refractivity contribution is 7.15. The van der Waals surface area contributed by atoms with E-state index < -0.39 is 11.6 Å². The zero-order valence-electron chi connectivity index (χ0n) is 13.6. The van der Waals surface area contributed by atoms with Crippen LogP contribution in [0.1, 0.15) is 50.5 Å². The Labute approximate surface area is 144 Å². The minimum absolute atomic E-state index is 0.0535. The van der Waals surface area contributed by atoms with Crippen molar-refractivity contribution in [2.75, 3.05) is 11.9 Å². The number of nitrogens with zero attached hydrogens (tertiary/aromatic N) is 3. The van der Waals surface area contributed by atoms with E-state index in [2.05, 4.69) is 27.8 Å². The first-order chi connectivity index (χ1) is 11.5. The topological polar surface area (TPSA) is 104 Å². The van der Waals surface area contributed by atoms with Crippen LogP contribution >= 0.6 is 11.3 Å². The van der Waals surface area contributed by atoms with Crippen LogP contribution in [-0.4, -0.2) is 45.0 Å². The molecule has 3 rings (SSSR count). The summed E-state index contributed by atoms with van der Waals surface area (Å²) in [6, 6.07) is -0.393. The fraction of sp³-hybridized carbons (Fsp3) is 0.667. The highest BCUT2D eigenvalue weighted by Gasteiger charge is 2.52. The summed E-state index contributed by atoms with van der Waals surface area (Å²) in [6.07, 6.45) is 5.11. The molecular weight excluding hydrogens is 330 g/mol. The monoisotopic (exact) mass is 351 g/mol. The van der Waals surface area contributed by atoms with E-state index in [0.29, 0.717) is 18.0 Å². The van der Waals surface area contributed by atoms with Gasteiger partial charge < -0.3 is 10.6 Å². The average Bonchev–Trinajstić information content (AvgIpc) is 3.22. The molecule has 0 bridgehead atoms. The third kappa shape index (κ3) is 3.26. The van der Waals surface area contributed by atoms with Crippen LogP contribution in [0.15, 0.2) is 0 Å². The first-order valence-electron chi connectivity index (χ1n) is 8.30. The van der Waals surface area contributed by atoms with E-state index in [1.54, 1.807) is 0 Å². The first-order valence-corrected chi connectivity index (χ1v) is 9.12. The molecule has 4 amide bonds. The number of carbonyl (C=O) groups excluding carboxylic acids is 3. The minimum atomic E-state index is -0.720. The summed E-state index contributed by atoms with van der Waals surface area (Å²) in [5.74, 6) is -0.471. The van der Waals surface area contributed by atoms with E-state index in [4.69, 9.17) is 0 Å². The lowest BCUT2D eigenvalue weighted by molar-refractivity contribution is -0.131. The predicted octanol–water partition coefficient (Wildman–Crippen LogP) is 1.68. The fourth-order valence-corrected chi connectivity index (χ4v) is 4.07. The van der Waals surface area contributed by atoms with Gasteiger partial charge in [-0.2, -0.15) is 0 Å². The zero-order chi connectivity index (χ0) is 17.2. The molecular formula is C15H21N5O3S. The number of aromatic nitrogens is 2. The highest BCUT2D eigenvalue weighted by Crippen LogP contribution is 2.35. The largest absolute Gasteiger partial charge is 0.325 e. The van der Waals surface area contributed by atoms with E-state index in [1.807, 2.05) is 0 Å². The van der Waals surface area contributed by atoms with Crippen LogP contribution in [-0.2, 0) is 16.0 Å². The van der Waals surface area contributed by atoms with Gasteiger partial charge in [-0.3, -0.25) is 14.5 Å². The molecule has 2 heterocycles. The molecule has 1 aliphatic carbocycles. The van der Waals surface area contributed by atoms with Gasteiger partial charge in [0.15, 0.2) is 0 Å². The second-order valence-electron chi connectivity index (χ2n) is 6.23. The molecule has 1 aliphatic heterocycles. The Hall–Kier alpha value is -2.03. The third-order valence-electron chi connectivity index (χ3n) is 4.44. The molecule has 8 nitrogen and oxygen atoms in total. The number of amides is 4. The number of urea groups is 1. The summed E-state index contributed by atoms with van der Waals surface area (Å²) in [5.41, 5.74) is -0.720. The van der Waals surface area contributed by atoms with E-state index in [0.717, 1.165) is 35.6 Å². The zero-order valence-corrected chi connectivity index (χ0v) is 14.4. The number of hydrogen-bond donors (Lipinski definition) is 2. The van der Waals surface area contributed by atoms with Crippen molar-refractivity contribution in [3.63, 3.8) is 0 Å². The van der Waals surface area contributed by atoms with Crippen molar-refractivity contribution in [1.29, 1.82) is 0 Å². The molecule has 24 heavy (non-hydrogen) atoms. The van der Waals surface area contributed by atoms with Crippen molar-refractivity contribution in [3.05, 3.63) is 5.01 Å². The number of rotatable bonds is 6. The number of nitrogens with one attached hydrogen (secondary N) is 2. The first kappa shape index (κ1) is 16.8.